The number of carboxylic acids is 2. The molecule has 1 aromatic carbocycles. The maximum Gasteiger partial charge on any atom is 0.338 e. The summed E-state index contributed by atoms with van der Waals surface area (Å²) >= 11 is 0. The van der Waals surface area contributed by atoms with E-state index in [9.17, 15) is 9.59 Å². The lowest BCUT2D eigenvalue weighted by atomic mass is 10.1. The van der Waals surface area contributed by atoms with Crippen LogP contribution >= 0.6 is 0 Å². The number of carboxylic acid groups (broad SMARTS) is 2. The Bertz CT molecular complexity index is 684. The van der Waals surface area contributed by atoms with E-state index in [1.807, 2.05) is 24.3 Å². The predicted molar refractivity (Wildman–Crippen MR) is 62.5 cm³/mol. The van der Waals surface area contributed by atoms with Crippen molar-refractivity contribution in [2.45, 2.75) is 6.42 Å². The lowest BCUT2D eigenvalue weighted by Crippen LogP contribution is -2.07. The SMILES string of the molecule is O=C(O)c1cn2c(c1C(=O)O)Cc1ccccc1-2. The first kappa shape index (κ1) is 10.6. The topological polar surface area (TPSA) is 79.5 Å². The molecule has 2 aromatic rings. The summed E-state index contributed by atoms with van der Waals surface area (Å²) in [5.74, 6) is -2.42. The Balaban J connectivity index is 2.29. The third-order valence-corrected chi connectivity index (χ3v) is 3.16. The number of hydrogen-bond donors (Lipinski definition) is 2. The molecule has 2 heterocycles. The molecule has 0 spiro atoms. The maximum atomic E-state index is 11.2. The zero-order valence-corrected chi connectivity index (χ0v) is 9.25. The summed E-state index contributed by atoms with van der Waals surface area (Å²) < 4.78 is 1.65. The van der Waals surface area contributed by atoms with Gasteiger partial charge in [-0.05, 0) is 11.6 Å². The van der Waals surface area contributed by atoms with Crippen LogP contribution in [0.15, 0.2) is 30.5 Å². The monoisotopic (exact) mass is 243 g/mol. The third-order valence-electron chi connectivity index (χ3n) is 3.16. The van der Waals surface area contributed by atoms with E-state index in [0.29, 0.717) is 12.1 Å². The van der Waals surface area contributed by atoms with Crippen molar-refractivity contribution in [3.63, 3.8) is 0 Å². The quantitative estimate of drug-likeness (QED) is 0.719. The number of hydrogen-bond acceptors (Lipinski definition) is 2. The van der Waals surface area contributed by atoms with Gasteiger partial charge in [-0.25, -0.2) is 9.59 Å². The molecule has 1 aliphatic heterocycles. The zero-order chi connectivity index (χ0) is 12.9. The number of para-hydroxylation sites is 1. The second kappa shape index (κ2) is 3.46. The molecule has 0 bridgehead atoms. The molecule has 5 heteroatoms. The van der Waals surface area contributed by atoms with Gasteiger partial charge < -0.3 is 14.8 Å². The smallest absolute Gasteiger partial charge is 0.338 e. The van der Waals surface area contributed by atoms with Gasteiger partial charge in [-0.1, -0.05) is 18.2 Å². The maximum absolute atomic E-state index is 11.2. The summed E-state index contributed by atoms with van der Waals surface area (Å²) in [6, 6.07) is 7.48. The first-order valence-corrected chi connectivity index (χ1v) is 5.38. The first-order chi connectivity index (χ1) is 8.59. The van der Waals surface area contributed by atoms with Crippen LogP contribution in [0.3, 0.4) is 0 Å². The molecule has 1 aliphatic rings. The largest absolute Gasteiger partial charge is 0.478 e. The molecule has 3 rings (SSSR count). The van der Waals surface area contributed by atoms with Gasteiger partial charge in [0.15, 0.2) is 0 Å². The summed E-state index contributed by atoms with van der Waals surface area (Å²) in [6.45, 7) is 0. The highest BCUT2D eigenvalue weighted by atomic mass is 16.4. The fourth-order valence-corrected chi connectivity index (χ4v) is 2.41. The second-order valence-electron chi connectivity index (χ2n) is 4.15. The molecule has 5 nitrogen and oxygen atoms in total. The Morgan fingerprint density at radius 2 is 1.83 bits per heavy atom. The van der Waals surface area contributed by atoms with Crippen molar-refractivity contribution >= 4 is 11.9 Å². The van der Waals surface area contributed by atoms with E-state index in [2.05, 4.69) is 0 Å². The van der Waals surface area contributed by atoms with Gasteiger partial charge >= 0.3 is 11.9 Å². The van der Waals surface area contributed by atoms with Crippen LogP contribution in [-0.4, -0.2) is 26.7 Å². The molecule has 18 heavy (non-hydrogen) atoms. The highest BCUT2D eigenvalue weighted by Crippen LogP contribution is 2.32. The number of nitrogens with zero attached hydrogens (tertiary/aromatic N) is 1. The zero-order valence-electron chi connectivity index (χ0n) is 9.25. The average molecular weight is 243 g/mol. The Morgan fingerprint density at radius 1 is 1.11 bits per heavy atom. The summed E-state index contributed by atoms with van der Waals surface area (Å²) in [7, 11) is 0. The van der Waals surface area contributed by atoms with Crippen molar-refractivity contribution in [2.24, 2.45) is 0 Å². The van der Waals surface area contributed by atoms with Gasteiger partial charge in [0.2, 0.25) is 0 Å². The number of carbonyl (C=O) groups is 2. The summed E-state index contributed by atoms with van der Waals surface area (Å²) in [4.78, 5) is 22.3. The molecule has 90 valence electrons. The Morgan fingerprint density at radius 3 is 2.50 bits per heavy atom. The molecule has 2 N–H and O–H groups in total. The average Bonchev–Trinajstić information content (AvgIpc) is 2.83. The van der Waals surface area contributed by atoms with E-state index in [1.165, 1.54) is 6.20 Å². The fraction of sp³-hybridized carbons (Fsp3) is 0.0769. The minimum atomic E-state index is -1.22. The normalized spacial score (nSPS) is 12.0. The molecular formula is C13H9NO4. The third kappa shape index (κ3) is 1.27. The molecule has 1 aromatic heterocycles. The molecular weight excluding hydrogens is 234 g/mol. The molecule has 0 atom stereocenters. The molecule has 0 amide bonds. The van der Waals surface area contributed by atoms with Crippen LogP contribution in [0.1, 0.15) is 32.0 Å². The van der Waals surface area contributed by atoms with Crippen LogP contribution in [0.5, 0.6) is 0 Å². The number of aromatic carboxylic acids is 2. The van der Waals surface area contributed by atoms with Crippen LogP contribution in [0, 0.1) is 0 Å². The summed E-state index contributed by atoms with van der Waals surface area (Å²) in [5.41, 5.74) is 2.11. The summed E-state index contributed by atoms with van der Waals surface area (Å²) in [6.07, 6.45) is 1.83. The van der Waals surface area contributed by atoms with Gasteiger partial charge in [0.25, 0.3) is 0 Å². The Labute approximate surface area is 102 Å². The van der Waals surface area contributed by atoms with Gasteiger partial charge in [0, 0.05) is 24.0 Å². The fourth-order valence-electron chi connectivity index (χ4n) is 2.41. The van der Waals surface area contributed by atoms with Crippen molar-refractivity contribution in [3.05, 3.63) is 52.8 Å². The van der Waals surface area contributed by atoms with Gasteiger partial charge in [0.05, 0.1) is 11.1 Å². The molecule has 0 fully saturated rings. The summed E-state index contributed by atoms with van der Waals surface area (Å²) in [5, 5.41) is 18.2. The van der Waals surface area contributed by atoms with Crippen LogP contribution in [0.2, 0.25) is 0 Å². The standard InChI is InChI=1S/C13H9NO4/c15-12(16)8-6-14-9-4-2-1-3-7(9)5-10(14)11(8)13(17)18/h1-4,6H,5H2,(H,15,16)(H,17,18). The van der Waals surface area contributed by atoms with Crippen molar-refractivity contribution < 1.29 is 19.8 Å². The lowest BCUT2D eigenvalue weighted by Gasteiger charge is -2.00. The molecule has 0 saturated carbocycles. The number of benzene rings is 1. The van der Waals surface area contributed by atoms with Crippen molar-refractivity contribution in [2.75, 3.05) is 0 Å². The van der Waals surface area contributed by atoms with Crippen LogP contribution < -0.4 is 0 Å². The van der Waals surface area contributed by atoms with Gasteiger partial charge in [-0.2, -0.15) is 0 Å². The highest BCUT2D eigenvalue weighted by Gasteiger charge is 2.30. The van der Waals surface area contributed by atoms with E-state index < -0.39 is 11.9 Å². The minimum absolute atomic E-state index is 0.112. The van der Waals surface area contributed by atoms with E-state index in [-0.39, 0.29) is 11.1 Å². The lowest BCUT2D eigenvalue weighted by molar-refractivity contribution is 0.0652. The molecule has 0 unspecified atom stereocenters. The van der Waals surface area contributed by atoms with Crippen molar-refractivity contribution in [1.82, 2.24) is 4.57 Å². The van der Waals surface area contributed by atoms with Crippen LogP contribution in [0.25, 0.3) is 5.69 Å². The first-order valence-electron chi connectivity index (χ1n) is 5.38. The number of fused-ring (bicyclic) bond motifs is 3. The number of aromatic nitrogens is 1. The van der Waals surface area contributed by atoms with E-state index in [4.69, 9.17) is 10.2 Å². The van der Waals surface area contributed by atoms with E-state index in [0.717, 1.165) is 11.3 Å². The highest BCUT2D eigenvalue weighted by molar-refractivity contribution is 6.03. The minimum Gasteiger partial charge on any atom is -0.478 e. The van der Waals surface area contributed by atoms with Crippen LogP contribution in [0.4, 0.5) is 0 Å². The van der Waals surface area contributed by atoms with Crippen molar-refractivity contribution in [3.8, 4) is 5.69 Å². The van der Waals surface area contributed by atoms with E-state index >= 15 is 0 Å². The molecule has 0 radical (unpaired) electrons. The van der Waals surface area contributed by atoms with Crippen LogP contribution in [-0.2, 0) is 6.42 Å². The second-order valence-corrected chi connectivity index (χ2v) is 4.15. The Kier molecular flexibility index (Phi) is 2.04. The van der Waals surface area contributed by atoms with Crippen molar-refractivity contribution in [1.29, 1.82) is 0 Å². The van der Waals surface area contributed by atoms with Gasteiger partial charge in [0.1, 0.15) is 0 Å². The molecule has 0 saturated heterocycles. The molecule has 0 aliphatic carbocycles. The van der Waals surface area contributed by atoms with Gasteiger partial charge in [-0.15, -0.1) is 0 Å². The van der Waals surface area contributed by atoms with E-state index in [1.54, 1.807) is 4.57 Å². The predicted octanol–water partition coefficient (Wildman–Crippen LogP) is 1.78. The van der Waals surface area contributed by atoms with Gasteiger partial charge in [-0.3, -0.25) is 0 Å². The number of rotatable bonds is 2. The Hall–Kier alpha value is -2.56.